The van der Waals surface area contributed by atoms with Crippen molar-refractivity contribution in [3.05, 3.63) is 30.5 Å². The van der Waals surface area contributed by atoms with E-state index < -0.39 is 0 Å². The van der Waals surface area contributed by atoms with Gasteiger partial charge in [0.2, 0.25) is 0 Å². The largest absolute Gasteiger partial charge is 0.350 e. The van der Waals surface area contributed by atoms with Crippen LogP contribution in [0.15, 0.2) is 29.4 Å². The molecule has 1 heterocycles. The van der Waals surface area contributed by atoms with E-state index in [1.165, 1.54) is 31.7 Å². The van der Waals surface area contributed by atoms with Crippen LogP contribution in [0.1, 0.15) is 32.1 Å². The van der Waals surface area contributed by atoms with E-state index in [0.717, 1.165) is 13.0 Å². The van der Waals surface area contributed by atoms with Gasteiger partial charge in [0.05, 0.1) is 12.4 Å². The summed E-state index contributed by atoms with van der Waals surface area (Å²) in [5, 5.41) is 0. The van der Waals surface area contributed by atoms with Crippen LogP contribution in [0, 0.1) is 6.04 Å². The van der Waals surface area contributed by atoms with E-state index in [9.17, 15) is 0 Å². The highest BCUT2D eigenvalue weighted by Gasteiger charge is 2.15. The van der Waals surface area contributed by atoms with E-state index in [2.05, 4.69) is 28.1 Å². The van der Waals surface area contributed by atoms with Crippen LogP contribution in [0.4, 0.5) is 0 Å². The molecule has 0 aromatic heterocycles. The zero-order valence-corrected chi connectivity index (χ0v) is 8.52. The first-order chi connectivity index (χ1) is 6.97. The van der Waals surface area contributed by atoms with E-state index in [-0.39, 0.29) is 0 Å². The summed E-state index contributed by atoms with van der Waals surface area (Å²) in [6.45, 7) is 1.07. The van der Waals surface area contributed by atoms with Crippen LogP contribution in [0.5, 0.6) is 0 Å². The Morgan fingerprint density at radius 2 is 2.14 bits per heavy atom. The number of nitrogens with zero attached hydrogens (tertiary/aromatic N) is 2. The minimum Gasteiger partial charge on any atom is -0.350 e. The number of hydrogen-bond acceptors (Lipinski definition) is 2. The molecular weight excluding hydrogens is 172 g/mol. The topological polar surface area (TPSA) is 15.6 Å². The van der Waals surface area contributed by atoms with Crippen LogP contribution in [0.2, 0.25) is 0 Å². The molecular formula is C12H17N2. The monoisotopic (exact) mass is 189 g/mol. The van der Waals surface area contributed by atoms with Gasteiger partial charge in [0.25, 0.3) is 0 Å². The maximum absolute atomic E-state index is 4.22. The summed E-state index contributed by atoms with van der Waals surface area (Å²) >= 11 is 0. The summed E-state index contributed by atoms with van der Waals surface area (Å²) in [7, 11) is 0. The Labute approximate surface area is 86.0 Å². The first-order valence-corrected chi connectivity index (χ1v) is 5.44. The van der Waals surface area contributed by atoms with Crippen molar-refractivity contribution in [2.75, 3.05) is 6.54 Å². The van der Waals surface area contributed by atoms with Crippen LogP contribution in [-0.2, 0) is 0 Å². The van der Waals surface area contributed by atoms with Gasteiger partial charge in [-0.05, 0) is 25.7 Å². The van der Waals surface area contributed by atoms with Crippen molar-refractivity contribution >= 4 is 6.34 Å². The molecule has 0 unspecified atom stereocenters. The van der Waals surface area contributed by atoms with Crippen molar-refractivity contribution in [3.8, 4) is 0 Å². The minimum atomic E-state index is 1.07. The summed E-state index contributed by atoms with van der Waals surface area (Å²) < 4.78 is 0. The predicted octanol–water partition coefficient (Wildman–Crippen LogP) is 2.90. The lowest BCUT2D eigenvalue weighted by Gasteiger charge is -2.24. The third-order valence-electron chi connectivity index (χ3n) is 2.67. The minimum absolute atomic E-state index is 1.07. The van der Waals surface area contributed by atoms with Crippen molar-refractivity contribution in [3.63, 3.8) is 0 Å². The summed E-state index contributed by atoms with van der Waals surface area (Å²) in [4.78, 5) is 6.50. The van der Waals surface area contributed by atoms with Crippen LogP contribution in [0.25, 0.3) is 0 Å². The maximum Gasteiger partial charge on any atom is 0.0912 e. The fraction of sp³-hybridized carbons (Fsp3) is 0.500. The second kappa shape index (κ2) is 4.99. The Morgan fingerprint density at radius 3 is 3.14 bits per heavy atom. The van der Waals surface area contributed by atoms with Crippen LogP contribution < -0.4 is 0 Å². The molecule has 1 aliphatic heterocycles. The van der Waals surface area contributed by atoms with Crippen molar-refractivity contribution in [1.29, 1.82) is 0 Å². The van der Waals surface area contributed by atoms with E-state index in [0.29, 0.717) is 0 Å². The zero-order valence-electron chi connectivity index (χ0n) is 8.52. The van der Waals surface area contributed by atoms with Crippen molar-refractivity contribution in [2.45, 2.75) is 32.1 Å². The average Bonchev–Trinajstić information content (AvgIpc) is 2.62. The van der Waals surface area contributed by atoms with Crippen molar-refractivity contribution < 1.29 is 0 Å². The van der Waals surface area contributed by atoms with Crippen LogP contribution in [-0.4, -0.2) is 17.8 Å². The molecule has 1 radical (unpaired) electrons. The molecule has 0 aromatic rings. The molecule has 2 nitrogen and oxygen atoms in total. The summed E-state index contributed by atoms with van der Waals surface area (Å²) in [5.74, 6) is 0. The third-order valence-corrected chi connectivity index (χ3v) is 2.67. The molecule has 0 aromatic carbocycles. The fourth-order valence-electron chi connectivity index (χ4n) is 1.85. The van der Waals surface area contributed by atoms with Gasteiger partial charge in [-0.3, -0.25) is 0 Å². The molecule has 0 atom stereocenters. The molecule has 14 heavy (non-hydrogen) atoms. The molecule has 0 spiro atoms. The zero-order chi connectivity index (χ0) is 9.64. The lowest BCUT2D eigenvalue weighted by Crippen LogP contribution is -2.26. The van der Waals surface area contributed by atoms with Gasteiger partial charge in [-0.1, -0.05) is 24.6 Å². The lowest BCUT2D eigenvalue weighted by molar-refractivity contribution is 0.449. The summed E-state index contributed by atoms with van der Waals surface area (Å²) in [6.07, 6.45) is 16.7. The van der Waals surface area contributed by atoms with Crippen molar-refractivity contribution in [1.82, 2.24) is 4.90 Å². The molecule has 2 rings (SSSR count). The number of allylic oxidation sites excluding steroid dienone is 1. The molecule has 0 amide bonds. The highest BCUT2D eigenvalue weighted by atomic mass is 15.2. The Kier molecular flexibility index (Phi) is 3.39. The van der Waals surface area contributed by atoms with E-state index in [1.54, 1.807) is 0 Å². The van der Waals surface area contributed by atoms with E-state index in [4.69, 9.17) is 0 Å². The first-order valence-electron chi connectivity index (χ1n) is 5.44. The highest BCUT2D eigenvalue weighted by molar-refractivity contribution is 5.59. The van der Waals surface area contributed by atoms with Gasteiger partial charge in [0.15, 0.2) is 0 Å². The van der Waals surface area contributed by atoms with Gasteiger partial charge < -0.3 is 4.90 Å². The predicted molar refractivity (Wildman–Crippen MR) is 59.8 cm³/mol. The Hall–Kier alpha value is -1.05. The summed E-state index contributed by atoms with van der Waals surface area (Å²) in [5.41, 5.74) is 0. The van der Waals surface area contributed by atoms with Crippen molar-refractivity contribution in [2.24, 2.45) is 4.99 Å². The highest BCUT2D eigenvalue weighted by Crippen LogP contribution is 2.22. The van der Waals surface area contributed by atoms with Gasteiger partial charge in [-0.15, -0.1) is 0 Å². The van der Waals surface area contributed by atoms with Crippen LogP contribution >= 0.6 is 0 Å². The molecule has 75 valence electrons. The normalized spacial score (nSPS) is 23.6. The summed E-state index contributed by atoms with van der Waals surface area (Å²) in [6, 6.07) is 1.43. The standard InChI is InChI=1S/C12H17N2/c1-2-4-8-12(7-3-1)14-10-6-5-9-13-11-14/h3,5,7,9,11H,1-2,4,6,8,10H2. The van der Waals surface area contributed by atoms with Gasteiger partial charge in [0, 0.05) is 12.7 Å². The smallest absolute Gasteiger partial charge is 0.0912 e. The van der Waals surface area contributed by atoms with E-state index >= 15 is 0 Å². The molecule has 2 aliphatic rings. The number of hydrogen-bond donors (Lipinski definition) is 0. The molecule has 0 bridgehead atoms. The number of aliphatic imine (C=N–C) groups is 1. The second-order valence-corrected chi connectivity index (χ2v) is 3.77. The third kappa shape index (κ3) is 2.47. The Balaban J connectivity index is 1.98. The quantitative estimate of drug-likeness (QED) is 0.619. The van der Waals surface area contributed by atoms with Gasteiger partial charge in [0.1, 0.15) is 0 Å². The number of rotatable bonds is 1. The second-order valence-electron chi connectivity index (χ2n) is 3.77. The Bertz CT molecular complexity index is 253. The van der Waals surface area contributed by atoms with E-state index in [1.807, 2.05) is 12.5 Å². The van der Waals surface area contributed by atoms with Gasteiger partial charge in [-0.25, -0.2) is 4.99 Å². The Morgan fingerprint density at radius 1 is 1.14 bits per heavy atom. The molecule has 0 fully saturated rings. The van der Waals surface area contributed by atoms with Gasteiger partial charge >= 0.3 is 0 Å². The molecule has 1 aliphatic carbocycles. The first kappa shape index (κ1) is 9.50. The lowest BCUT2D eigenvalue weighted by atomic mass is 10.1. The molecule has 0 saturated heterocycles. The SMILES string of the molecule is C1=C[C](N2C=NC=CCC2)CCCC1. The molecule has 0 N–H and O–H groups in total. The maximum atomic E-state index is 4.22. The molecule has 0 saturated carbocycles. The van der Waals surface area contributed by atoms with Crippen LogP contribution in [0.3, 0.4) is 0 Å². The fourth-order valence-corrected chi connectivity index (χ4v) is 1.85. The van der Waals surface area contributed by atoms with Gasteiger partial charge in [-0.2, -0.15) is 0 Å². The average molecular weight is 189 g/mol. The molecule has 2 heteroatoms.